The van der Waals surface area contributed by atoms with Crippen LogP contribution in [0.4, 0.5) is 25.5 Å². The smallest absolute Gasteiger partial charge is 0.412 e. The van der Waals surface area contributed by atoms with Gasteiger partial charge in [0.15, 0.2) is 5.82 Å². The molecule has 2 bridgehead atoms. The fourth-order valence-corrected chi connectivity index (χ4v) is 16.6. The number of pyridine rings is 1. The molecule has 2 aromatic carbocycles. The summed E-state index contributed by atoms with van der Waals surface area (Å²) in [5.74, 6) is 3.41. The van der Waals surface area contributed by atoms with Crippen molar-refractivity contribution < 1.29 is 28.6 Å². The topological polar surface area (TPSA) is 133 Å². The van der Waals surface area contributed by atoms with Crippen LogP contribution in [-0.2, 0) is 4.74 Å². The van der Waals surface area contributed by atoms with Crippen LogP contribution in [0.15, 0.2) is 60.8 Å². The van der Waals surface area contributed by atoms with E-state index in [4.69, 9.17) is 24.4 Å². The van der Waals surface area contributed by atoms with Gasteiger partial charge >= 0.3 is 18.2 Å². The fraction of sp³-hybridized carbons (Fsp3) is 0.500. The Morgan fingerprint density at radius 2 is 1.61 bits per heavy atom. The molecule has 4 saturated heterocycles. The number of carboxylic acid groups (broad SMARTS) is 1. The number of aromatic nitrogens is 3. The Hall–Kier alpha value is -5.52. The number of carbonyl (C=O) groups is 2. The molecule has 14 heteroatoms. The average Bonchev–Trinajstić information content (AvgIpc) is 3.78. The molecule has 0 saturated carbocycles. The molecule has 4 aliphatic heterocycles. The van der Waals surface area contributed by atoms with Gasteiger partial charge in [0.1, 0.15) is 37.3 Å². The number of anilines is 2. The van der Waals surface area contributed by atoms with Crippen molar-refractivity contribution in [2.75, 3.05) is 43.0 Å². The monoisotopic (exact) mass is 887 g/mol. The fourth-order valence-electron chi connectivity index (χ4n) is 11.4. The zero-order chi connectivity index (χ0) is 46.0. The Balaban J connectivity index is 1.30. The number of benzene rings is 2. The highest BCUT2D eigenvalue weighted by molar-refractivity contribution is 6.90. The molecular formula is C50H62FN7O5Si. The second-order valence-electron chi connectivity index (χ2n) is 20.4. The summed E-state index contributed by atoms with van der Waals surface area (Å²) < 4.78 is 30.0. The minimum absolute atomic E-state index is 0.0292. The molecule has 0 radical (unpaired) electrons. The Kier molecular flexibility index (Phi) is 11.8. The first-order valence-electron chi connectivity index (χ1n) is 22.6. The lowest BCUT2D eigenvalue weighted by Crippen LogP contribution is -2.55. The lowest BCUT2D eigenvalue weighted by molar-refractivity contribution is 0.0636. The number of piperazine rings is 1. The molecule has 6 heterocycles. The molecular weight excluding hydrogens is 826 g/mol. The largest absolute Gasteiger partial charge is 0.465 e. The molecule has 4 aliphatic rings. The second kappa shape index (κ2) is 16.8. The van der Waals surface area contributed by atoms with Gasteiger partial charge in [0, 0.05) is 54.3 Å². The van der Waals surface area contributed by atoms with Gasteiger partial charge < -0.3 is 19.5 Å². The van der Waals surface area contributed by atoms with Gasteiger partial charge in [-0.1, -0.05) is 83.9 Å². The first-order chi connectivity index (χ1) is 30.2. The number of ether oxygens (including phenoxy) is 2. The van der Waals surface area contributed by atoms with Gasteiger partial charge in [-0.3, -0.25) is 20.1 Å². The Labute approximate surface area is 377 Å². The summed E-state index contributed by atoms with van der Waals surface area (Å²) in [7, 11) is -2.21. The summed E-state index contributed by atoms with van der Waals surface area (Å²) in [5, 5.41) is 14.7. The van der Waals surface area contributed by atoms with Gasteiger partial charge in [-0.2, -0.15) is 9.97 Å². The van der Waals surface area contributed by atoms with Crippen molar-refractivity contribution in [1.29, 1.82) is 0 Å². The van der Waals surface area contributed by atoms with E-state index in [2.05, 4.69) is 76.4 Å². The summed E-state index contributed by atoms with van der Waals surface area (Å²) in [4.78, 5) is 46.0. The quantitative estimate of drug-likeness (QED) is 0.0951. The third-order valence-electron chi connectivity index (χ3n) is 14.0. The highest BCUT2D eigenvalue weighted by Crippen LogP contribution is 2.45. The predicted molar refractivity (Wildman–Crippen MR) is 254 cm³/mol. The SMILES string of the molecule is C=C1CN2CC(=C)CC2(COc2nc(N3C[C@H]4CC[C@@H](C3)N4C(=O)O)c3cnc(-c4ccc(NC(=O)OC(C)(C)C)c5cccc(C#C[Si](C(C)C)(C(C)C)C(C)C)c45)c(F)c3n2)C1. The number of nitrogens with zero attached hydrogens (tertiary/aromatic N) is 6. The molecule has 2 N–H and O–H groups in total. The number of fused-ring (bicyclic) bond motifs is 5. The molecule has 0 aliphatic carbocycles. The lowest BCUT2D eigenvalue weighted by Gasteiger charge is -2.40. The standard InChI is InChI=1S/C50H62FN7O5Si/c1-29(2)64(30(3)4,31(5)6)20-19-34-13-12-14-37-40(53-47(59)63-49(9,10)11)18-17-38(41(34)37)43-42(51)44-39(23-52-43)45(56-26-35-15-16-36(27-56)58(35)48(60)61)55-46(54-44)62-28-50-21-32(7)24-57(50)25-33(8)22-50/h12-14,17-18,23,29-31,35-36H,7-8,15-16,21-22,24-28H2,1-6,9-11H3,(H,53,59)(H,60,61)/t35-,36+. The normalized spacial score (nSPS) is 19.8. The molecule has 4 fully saturated rings. The van der Waals surface area contributed by atoms with Crippen LogP contribution in [0.3, 0.4) is 0 Å². The van der Waals surface area contributed by atoms with E-state index in [1.807, 2.05) is 43.9 Å². The van der Waals surface area contributed by atoms with E-state index in [9.17, 15) is 14.7 Å². The maximum atomic E-state index is 17.9. The van der Waals surface area contributed by atoms with Crippen LogP contribution in [0.25, 0.3) is 32.9 Å². The van der Waals surface area contributed by atoms with Crippen LogP contribution >= 0.6 is 0 Å². The van der Waals surface area contributed by atoms with E-state index in [-0.39, 0.29) is 41.5 Å². The first-order valence-corrected chi connectivity index (χ1v) is 24.9. The Morgan fingerprint density at radius 1 is 0.969 bits per heavy atom. The van der Waals surface area contributed by atoms with Crippen molar-refractivity contribution in [2.24, 2.45) is 0 Å². The molecule has 8 rings (SSSR count). The number of nitrogens with one attached hydrogen (secondary N) is 1. The zero-order valence-electron chi connectivity index (χ0n) is 38.8. The van der Waals surface area contributed by atoms with Crippen LogP contribution in [0.2, 0.25) is 16.6 Å². The number of rotatable bonds is 9. The van der Waals surface area contributed by atoms with Gasteiger partial charge in [-0.05, 0) is 81.3 Å². The maximum Gasteiger partial charge on any atom is 0.412 e. The molecule has 0 unspecified atom stereocenters. The summed E-state index contributed by atoms with van der Waals surface area (Å²) in [5.41, 5.74) is 7.95. The van der Waals surface area contributed by atoms with Gasteiger partial charge in [-0.15, -0.1) is 5.54 Å². The van der Waals surface area contributed by atoms with Crippen molar-refractivity contribution in [2.45, 2.75) is 128 Å². The summed E-state index contributed by atoms with van der Waals surface area (Å²) in [6, 6.07) is 8.83. The number of halogens is 1. The van der Waals surface area contributed by atoms with Crippen LogP contribution in [-0.4, -0.2) is 106 Å². The van der Waals surface area contributed by atoms with Crippen molar-refractivity contribution >= 4 is 53.4 Å². The molecule has 12 nitrogen and oxygen atoms in total. The number of amides is 2. The highest BCUT2D eigenvalue weighted by Gasteiger charge is 2.49. The summed E-state index contributed by atoms with van der Waals surface area (Å²) >= 11 is 0. The maximum absolute atomic E-state index is 17.9. The minimum Gasteiger partial charge on any atom is -0.465 e. The lowest BCUT2D eigenvalue weighted by atomic mass is 9.92. The van der Waals surface area contributed by atoms with E-state index in [0.29, 0.717) is 68.5 Å². The molecule has 0 spiro atoms. The molecule has 338 valence electrons. The van der Waals surface area contributed by atoms with Crippen LogP contribution in [0, 0.1) is 17.3 Å². The van der Waals surface area contributed by atoms with E-state index < -0.39 is 31.7 Å². The summed E-state index contributed by atoms with van der Waals surface area (Å²) in [6.45, 7) is 30.1. The van der Waals surface area contributed by atoms with Crippen LogP contribution < -0.4 is 15.0 Å². The van der Waals surface area contributed by atoms with E-state index in [1.165, 1.54) is 0 Å². The van der Waals surface area contributed by atoms with Gasteiger partial charge in [0.2, 0.25) is 0 Å². The summed E-state index contributed by atoms with van der Waals surface area (Å²) in [6.07, 6.45) is 3.03. The third-order valence-corrected chi connectivity index (χ3v) is 20.3. The zero-order valence-corrected chi connectivity index (χ0v) is 39.8. The molecule has 2 aromatic heterocycles. The van der Waals surface area contributed by atoms with Crippen molar-refractivity contribution in [3.8, 4) is 28.7 Å². The Bertz CT molecular complexity index is 2570. The second-order valence-corrected chi connectivity index (χ2v) is 26.0. The third kappa shape index (κ3) is 8.10. The van der Waals surface area contributed by atoms with Crippen molar-refractivity contribution in [3.63, 3.8) is 0 Å². The van der Waals surface area contributed by atoms with E-state index in [0.717, 1.165) is 49.9 Å². The molecule has 2 atom stereocenters. The average molecular weight is 888 g/mol. The van der Waals surface area contributed by atoms with Gasteiger partial charge in [0.25, 0.3) is 0 Å². The first kappa shape index (κ1) is 45.1. The predicted octanol–water partition coefficient (Wildman–Crippen LogP) is 10.6. The highest BCUT2D eigenvalue weighted by atomic mass is 28.3. The van der Waals surface area contributed by atoms with Crippen LogP contribution in [0.5, 0.6) is 6.01 Å². The molecule has 64 heavy (non-hydrogen) atoms. The molecule has 2 amide bonds. The number of hydrogen-bond donors (Lipinski definition) is 2. The van der Waals surface area contributed by atoms with Gasteiger partial charge in [-0.25, -0.2) is 14.0 Å². The minimum atomic E-state index is -2.21. The number of carbonyl (C=O) groups excluding carboxylic acids is 1. The Morgan fingerprint density at radius 3 is 2.20 bits per heavy atom. The van der Waals surface area contributed by atoms with Crippen molar-refractivity contribution in [1.82, 2.24) is 24.8 Å². The van der Waals surface area contributed by atoms with Crippen molar-refractivity contribution in [3.05, 3.63) is 72.2 Å². The van der Waals surface area contributed by atoms with Gasteiger partial charge in [0.05, 0.1) is 28.7 Å². The number of hydrogen-bond acceptors (Lipinski definition) is 9. The van der Waals surface area contributed by atoms with Crippen LogP contribution in [0.1, 0.15) is 93.6 Å². The molecule has 4 aromatic rings. The van der Waals surface area contributed by atoms with E-state index >= 15 is 4.39 Å². The van der Waals surface area contributed by atoms with E-state index in [1.54, 1.807) is 23.2 Å².